The van der Waals surface area contributed by atoms with Crippen LogP contribution in [0.15, 0.2) is 46.9 Å². The molecule has 0 atom stereocenters. The van der Waals surface area contributed by atoms with Crippen LogP contribution in [0.5, 0.6) is 5.75 Å². The number of halogens is 2. The predicted octanol–water partition coefficient (Wildman–Crippen LogP) is 4.59. The van der Waals surface area contributed by atoms with Crippen LogP contribution in [0.4, 0.5) is 10.1 Å². The number of Topliss-reactive ketones (excluding diaryl/α,β-unsaturated/α-hetero) is 1. The van der Waals surface area contributed by atoms with Crippen molar-refractivity contribution in [1.82, 2.24) is 0 Å². The average Bonchev–Trinajstić information content (AvgIpc) is 2.54. The maximum Gasteiger partial charge on any atom is 0.224 e. The second kappa shape index (κ2) is 8.59. The highest BCUT2D eigenvalue weighted by Crippen LogP contribution is 2.21. The lowest BCUT2D eigenvalue weighted by Gasteiger charge is -2.08. The molecule has 1 amide bonds. The first-order chi connectivity index (χ1) is 11.5. The second-order valence-corrected chi connectivity index (χ2v) is 6.08. The number of amides is 1. The number of carbonyl (C=O) groups is 2. The zero-order valence-corrected chi connectivity index (χ0v) is 14.7. The average molecular weight is 394 g/mol. The number of anilines is 1. The molecule has 0 fully saturated rings. The number of benzene rings is 2. The fourth-order valence-electron chi connectivity index (χ4n) is 2.01. The van der Waals surface area contributed by atoms with Gasteiger partial charge in [0.25, 0.3) is 0 Å². The number of hydrogen-bond acceptors (Lipinski definition) is 3. The molecule has 0 aliphatic carbocycles. The highest BCUT2D eigenvalue weighted by atomic mass is 79.9. The fourth-order valence-corrected chi connectivity index (χ4v) is 2.34. The Kier molecular flexibility index (Phi) is 6.49. The third-order valence-corrected chi connectivity index (χ3v) is 3.71. The Balaban J connectivity index is 1.93. The Morgan fingerprint density at radius 3 is 2.50 bits per heavy atom. The molecule has 1 N–H and O–H groups in total. The summed E-state index contributed by atoms with van der Waals surface area (Å²) in [7, 11) is 0. The minimum absolute atomic E-state index is 0.0231. The lowest BCUT2D eigenvalue weighted by Crippen LogP contribution is -2.13. The smallest absolute Gasteiger partial charge is 0.224 e. The third-order valence-electron chi connectivity index (χ3n) is 3.22. The van der Waals surface area contributed by atoms with Crippen molar-refractivity contribution in [2.75, 3.05) is 11.9 Å². The van der Waals surface area contributed by atoms with Crippen molar-refractivity contribution in [3.8, 4) is 5.75 Å². The molecule has 0 heterocycles. The van der Waals surface area contributed by atoms with Gasteiger partial charge in [-0.15, -0.1) is 0 Å². The van der Waals surface area contributed by atoms with Crippen LogP contribution in [0.3, 0.4) is 0 Å². The van der Waals surface area contributed by atoms with Gasteiger partial charge in [0.2, 0.25) is 5.91 Å². The van der Waals surface area contributed by atoms with Crippen molar-refractivity contribution in [3.63, 3.8) is 0 Å². The summed E-state index contributed by atoms with van der Waals surface area (Å²) in [6, 6.07) is 10.9. The Labute approximate surface area is 148 Å². The van der Waals surface area contributed by atoms with Crippen LogP contribution in [-0.2, 0) is 4.79 Å². The monoisotopic (exact) mass is 393 g/mol. The molecule has 2 aromatic rings. The summed E-state index contributed by atoms with van der Waals surface area (Å²) in [5.74, 6) is -0.851. The third kappa shape index (κ3) is 5.16. The van der Waals surface area contributed by atoms with Crippen LogP contribution >= 0.6 is 15.9 Å². The molecule has 0 bridgehead atoms. The van der Waals surface area contributed by atoms with Gasteiger partial charge < -0.3 is 10.1 Å². The van der Waals surface area contributed by atoms with Gasteiger partial charge in [-0.1, -0.05) is 22.9 Å². The first-order valence-corrected chi connectivity index (χ1v) is 8.30. The van der Waals surface area contributed by atoms with Gasteiger partial charge in [-0.05, 0) is 48.9 Å². The molecular weight excluding hydrogens is 377 g/mol. The van der Waals surface area contributed by atoms with E-state index in [2.05, 4.69) is 21.2 Å². The van der Waals surface area contributed by atoms with Gasteiger partial charge in [0, 0.05) is 22.1 Å². The van der Waals surface area contributed by atoms with Gasteiger partial charge >= 0.3 is 0 Å². The summed E-state index contributed by atoms with van der Waals surface area (Å²) in [4.78, 5) is 23.6. The number of carbonyl (C=O) groups excluding carboxylic acids is 2. The SMILES string of the molecule is CCCC(=O)Nc1ccc(C(=O)COc2ccc(Br)cc2F)cc1. The first kappa shape index (κ1) is 18.1. The van der Waals surface area contributed by atoms with E-state index >= 15 is 0 Å². The van der Waals surface area contributed by atoms with Crippen molar-refractivity contribution in [1.29, 1.82) is 0 Å². The zero-order valence-electron chi connectivity index (χ0n) is 13.1. The molecule has 0 aliphatic rings. The number of ketones is 1. The molecule has 24 heavy (non-hydrogen) atoms. The highest BCUT2D eigenvalue weighted by molar-refractivity contribution is 9.10. The minimum Gasteiger partial charge on any atom is -0.482 e. The van der Waals surface area contributed by atoms with Crippen LogP contribution in [0.1, 0.15) is 30.1 Å². The lowest BCUT2D eigenvalue weighted by molar-refractivity contribution is -0.116. The Hall–Kier alpha value is -2.21. The molecule has 0 spiro atoms. The van der Waals surface area contributed by atoms with Crippen molar-refractivity contribution >= 4 is 33.3 Å². The summed E-state index contributed by atoms with van der Waals surface area (Å²) in [5.41, 5.74) is 1.06. The van der Waals surface area contributed by atoms with Crippen LogP contribution < -0.4 is 10.1 Å². The van der Waals surface area contributed by atoms with Gasteiger partial charge in [0.1, 0.15) is 0 Å². The maximum absolute atomic E-state index is 13.6. The molecule has 0 aliphatic heterocycles. The molecule has 6 heteroatoms. The van der Waals surface area contributed by atoms with E-state index in [1.807, 2.05) is 6.92 Å². The minimum atomic E-state index is -0.536. The van der Waals surface area contributed by atoms with E-state index in [4.69, 9.17) is 4.74 Å². The molecule has 0 saturated carbocycles. The van der Waals surface area contributed by atoms with E-state index in [9.17, 15) is 14.0 Å². The molecule has 0 unspecified atom stereocenters. The van der Waals surface area contributed by atoms with E-state index in [-0.39, 0.29) is 24.0 Å². The number of hydrogen-bond donors (Lipinski definition) is 1. The molecule has 0 radical (unpaired) electrons. The summed E-state index contributed by atoms with van der Waals surface area (Å²) in [6.45, 7) is 1.66. The predicted molar refractivity (Wildman–Crippen MR) is 93.9 cm³/mol. The van der Waals surface area contributed by atoms with Gasteiger partial charge in [-0.2, -0.15) is 0 Å². The number of rotatable bonds is 7. The summed E-state index contributed by atoms with van der Waals surface area (Å²) in [5, 5.41) is 2.74. The maximum atomic E-state index is 13.6. The van der Waals surface area contributed by atoms with E-state index < -0.39 is 5.82 Å². The molecule has 2 rings (SSSR count). The molecule has 2 aromatic carbocycles. The largest absolute Gasteiger partial charge is 0.482 e. The van der Waals surface area contributed by atoms with Crippen LogP contribution in [0.2, 0.25) is 0 Å². The van der Waals surface area contributed by atoms with Crippen molar-refractivity contribution in [2.45, 2.75) is 19.8 Å². The van der Waals surface area contributed by atoms with Crippen molar-refractivity contribution < 1.29 is 18.7 Å². The Bertz CT molecular complexity index is 732. The van der Waals surface area contributed by atoms with E-state index in [1.165, 1.54) is 12.1 Å². The van der Waals surface area contributed by atoms with Crippen LogP contribution in [0, 0.1) is 5.82 Å². The summed E-state index contributed by atoms with van der Waals surface area (Å²) >= 11 is 3.15. The number of ether oxygens (including phenoxy) is 1. The molecule has 0 aromatic heterocycles. The highest BCUT2D eigenvalue weighted by Gasteiger charge is 2.10. The first-order valence-electron chi connectivity index (χ1n) is 7.50. The summed E-state index contributed by atoms with van der Waals surface area (Å²) < 4.78 is 19.5. The lowest BCUT2D eigenvalue weighted by atomic mass is 10.1. The molecule has 0 saturated heterocycles. The number of nitrogens with one attached hydrogen (secondary N) is 1. The van der Waals surface area contributed by atoms with Crippen LogP contribution in [0.25, 0.3) is 0 Å². The van der Waals surface area contributed by atoms with Gasteiger partial charge in [0.15, 0.2) is 24.0 Å². The standard InChI is InChI=1S/C18H17BrFNO3/c1-2-3-18(23)21-14-7-4-12(5-8-14)16(22)11-24-17-9-6-13(19)10-15(17)20/h4-10H,2-3,11H2,1H3,(H,21,23). The Morgan fingerprint density at radius 2 is 1.88 bits per heavy atom. The van der Waals surface area contributed by atoms with E-state index in [1.54, 1.807) is 30.3 Å². The quantitative estimate of drug-likeness (QED) is 0.699. The van der Waals surface area contributed by atoms with Gasteiger partial charge in [-0.25, -0.2) is 4.39 Å². The zero-order chi connectivity index (χ0) is 17.5. The van der Waals surface area contributed by atoms with Gasteiger partial charge in [-0.3, -0.25) is 9.59 Å². The van der Waals surface area contributed by atoms with E-state index in [0.717, 1.165) is 6.42 Å². The topological polar surface area (TPSA) is 55.4 Å². The Morgan fingerprint density at radius 1 is 1.17 bits per heavy atom. The van der Waals surface area contributed by atoms with Crippen molar-refractivity contribution in [2.24, 2.45) is 0 Å². The molecule has 4 nitrogen and oxygen atoms in total. The summed E-state index contributed by atoms with van der Waals surface area (Å²) in [6.07, 6.45) is 1.22. The normalized spacial score (nSPS) is 10.3. The fraction of sp³-hybridized carbons (Fsp3) is 0.222. The molecule has 126 valence electrons. The van der Waals surface area contributed by atoms with E-state index in [0.29, 0.717) is 22.1 Å². The van der Waals surface area contributed by atoms with Gasteiger partial charge in [0.05, 0.1) is 0 Å². The second-order valence-electron chi connectivity index (χ2n) is 5.16. The van der Waals surface area contributed by atoms with Crippen LogP contribution in [-0.4, -0.2) is 18.3 Å². The molecular formula is C18H17BrFNO3. The van der Waals surface area contributed by atoms with Crippen molar-refractivity contribution in [3.05, 3.63) is 58.3 Å².